The molecule has 0 aliphatic carbocycles. The number of ether oxygens (including phenoxy) is 1. The van der Waals surface area contributed by atoms with Gasteiger partial charge in [0, 0.05) is 80.9 Å². The van der Waals surface area contributed by atoms with E-state index in [9.17, 15) is 37.5 Å². The maximum absolute atomic E-state index is 14.0. The van der Waals surface area contributed by atoms with Gasteiger partial charge in [0.2, 0.25) is 21.8 Å². The highest BCUT2D eigenvalue weighted by molar-refractivity contribution is 7.88. The van der Waals surface area contributed by atoms with E-state index >= 15 is 0 Å². The number of hydrogen-bond donors (Lipinski definition) is 6. The molecule has 3 aliphatic rings. The van der Waals surface area contributed by atoms with E-state index in [1.54, 1.807) is 28.1 Å². The minimum Gasteiger partial charge on any atom is -0.479 e. The summed E-state index contributed by atoms with van der Waals surface area (Å²) < 4.78 is 37.9. The number of fused-ring (bicyclic) bond motifs is 1. The lowest BCUT2D eigenvalue weighted by atomic mass is 9.89. The first-order chi connectivity index (χ1) is 32.4. The van der Waals surface area contributed by atoms with Gasteiger partial charge in [-0.1, -0.05) is 35.9 Å². The number of carbonyl (C=O) groups is 4. The van der Waals surface area contributed by atoms with Crippen LogP contribution in [0.2, 0.25) is 5.02 Å². The summed E-state index contributed by atoms with van der Waals surface area (Å²) in [6, 6.07) is 20.2. The van der Waals surface area contributed by atoms with Gasteiger partial charge in [0.15, 0.2) is 17.2 Å². The van der Waals surface area contributed by atoms with Crippen LogP contribution in [-0.2, 0) is 37.2 Å². The Morgan fingerprint density at radius 1 is 0.912 bits per heavy atom. The van der Waals surface area contributed by atoms with E-state index in [0.717, 1.165) is 59.8 Å². The number of carboxylic acids is 2. The standard InChI is InChI=1S/C47H55ClN8O10S2/c1-47(2)25-33(51-32-9-5-7-29(23-32)42-40(48)41(66-26-39(58)59)43(67-42)45(61)62)16-21-55(47)68(64,65)27-28-6-4-8-31(22-28)50-18-17-49-30-14-19-54(20-15-30)34-10-11-35-37(24-34)53(3)46(63)56(35)36-12-13-38(57)52-44(36)60/h4-11,22-24,30,33,36,49-51H,12-21,25-27H2,1-3H3,(H,58,59)(H,61,62)(H,52,57,60)/t33-,36?/m0/s1. The molecule has 0 saturated carbocycles. The van der Waals surface area contributed by atoms with Crippen molar-refractivity contribution in [3.05, 3.63) is 92.7 Å². The molecule has 68 heavy (non-hydrogen) atoms. The maximum atomic E-state index is 14.0. The van der Waals surface area contributed by atoms with E-state index in [1.807, 2.05) is 68.4 Å². The second-order valence-electron chi connectivity index (χ2n) is 18.1. The molecule has 0 spiro atoms. The molecule has 3 saturated heterocycles. The third-order valence-electron chi connectivity index (χ3n) is 12.9. The van der Waals surface area contributed by atoms with E-state index in [0.29, 0.717) is 60.0 Å². The Bertz CT molecular complexity index is 2920. The van der Waals surface area contributed by atoms with Crippen molar-refractivity contribution in [2.45, 2.75) is 81.8 Å². The summed E-state index contributed by atoms with van der Waals surface area (Å²) in [6.07, 6.45) is 3.41. The molecule has 0 radical (unpaired) electrons. The van der Waals surface area contributed by atoms with Gasteiger partial charge in [-0.05, 0) is 99.5 Å². The topological polar surface area (TPSA) is 234 Å². The second-order valence-corrected chi connectivity index (χ2v) is 21.4. The maximum Gasteiger partial charge on any atom is 0.349 e. The van der Waals surface area contributed by atoms with Gasteiger partial charge < -0.3 is 35.8 Å². The predicted molar refractivity (Wildman–Crippen MR) is 262 cm³/mol. The summed E-state index contributed by atoms with van der Waals surface area (Å²) in [6.45, 7) is 6.45. The number of rotatable bonds is 17. The van der Waals surface area contributed by atoms with Crippen molar-refractivity contribution in [3.8, 4) is 16.2 Å². The van der Waals surface area contributed by atoms with Crippen molar-refractivity contribution in [2.24, 2.45) is 7.05 Å². The van der Waals surface area contributed by atoms with E-state index in [-0.39, 0.29) is 51.9 Å². The number of nitrogens with zero attached hydrogens (tertiary/aromatic N) is 4. The number of imide groups is 1. The fourth-order valence-electron chi connectivity index (χ4n) is 9.66. The minimum atomic E-state index is -3.70. The highest BCUT2D eigenvalue weighted by Crippen LogP contribution is 2.46. The van der Waals surface area contributed by atoms with Crippen LogP contribution in [0.25, 0.3) is 21.5 Å². The number of aromatic carboxylic acids is 1. The number of aliphatic carboxylic acids is 1. The molecule has 5 aromatic rings. The number of piperidine rings is 3. The average molecular weight is 992 g/mol. The van der Waals surface area contributed by atoms with Crippen LogP contribution in [0, 0.1) is 0 Å². The number of imidazole rings is 1. The lowest BCUT2D eigenvalue weighted by molar-refractivity contribution is -0.139. The van der Waals surface area contributed by atoms with Crippen molar-refractivity contribution in [2.75, 3.05) is 54.9 Å². The fourth-order valence-corrected chi connectivity index (χ4v) is 13.0. The Hall–Kier alpha value is -5.93. The van der Waals surface area contributed by atoms with Crippen molar-refractivity contribution >= 4 is 84.8 Å². The number of nitrogens with one attached hydrogen (secondary N) is 4. The number of amides is 2. The Kier molecular flexibility index (Phi) is 14.2. The van der Waals surface area contributed by atoms with Crippen LogP contribution in [0.5, 0.6) is 5.75 Å². The van der Waals surface area contributed by atoms with E-state index < -0.39 is 46.1 Å². The predicted octanol–water partition coefficient (Wildman–Crippen LogP) is 5.72. The summed E-state index contributed by atoms with van der Waals surface area (Å²) in [5.41, 5.74) is 4.29. The molecule has 2 atom stereocenters. The molecular formula is C47H55ClN8O10S2. The van der Waals surface area contributed by atoms with Crippen LogP contribution in [-0.4, -0.2) is 113 Å². The first kappa shape index (κ1) is 48.5. The Balaban J connectivity index is 0.803. The average Bonchev–Trinajstić information content (AvgIpc) is 3.75. The smallest absolute Gasteiger partial charge is 0.349 e. The second kappa shape index (κ2) is 20.0. The number of carboxylic acid groups (broad SMARTS) is 2. The number of halogens is 1. The number of aryl methyl sites for hydroxylation is 1. The first-order valence-corrected chi connectivity index (χ1v) is 25.3. The van der Waals surface area contributed by atoms with Gasteiger partial charge in [-0.2, -0.15) is 4.31 Å². The number of sulfonamides is 1. The fraction of sp³-hybridized carbons (Fsp3) is 0.426. The summed E-state index contributed by atoms with van der Waals surface area (Å²) in [5, 5.41) is 31.8. The van der Waals surface area contributed by atoms with Crippen molar-refractivity contribution < 1.29 is 42.5 Å². The molecule has 3 aliphatic heterocycles. The minimum absolute atomic E-state index is 0.0149. The van der Waals surface area contributed by atoms with Gasteiger partial charge in [-0.15, -0.1) is 11.3 Å². The Morgan fingerprint density at radius 3 is 2.37 bits per heavy atom. The van der Waals surface area contributed by atoms with Gasteiger partial charge >= 0.3 is 17.6 Å². The lowest BCUT2D eigenvalue weighted by Crippen LogP contribution is -2.55. The van der Waals surface area contributed by atoms with Crippen molar-refractivity contribution in [1.29, 1.82) is 0 Å². The molecule has 1 unspecified atom stereocenters. The van der Waals surface area contributed by atoms with E-state index in [2.05, 4.69) is 26.2 Å². The molecule has 2 amide bonds. The van der Waals surface area contributed by atoms with Crippen LogP contribution in [0.3, 0.4) is 0 Å². The summed E-state index contributed by atoms with van der Waals surface area (Å²) in [7, 11) is -2.00. The van der Waals surface area contributed by atoms with Crippen molar-refractivity contribution in [1.82, 2.24) is 24.1 Å². The normalized spacial score (nSPS) is 19.2. The highest BCUT2D eigenvalue weighted by atomic mass is 35.5. The largest absolute Gasteiger partial charge is 0.479 e. The van der Waals surface area contributed by atoms with E-state index in [4.69, 9.17) is 21.4 Å². The monoisotopic (exact) mass is 990 g/mol. The number of anilines is 3. The third-order valence-corrected chi connectivity index (χ3v) is 16.6. The summed E-state index contributed by atoms with van der Waals surface area (Å²) >= 11 is 7.42. The van der Waals surface area contributed by atoms with Crippen LogP contribution in [0.1, 0.15) is 73.6 Å². The van der Waals surface area contributed by atoms with Gasteiger partial charge in [-0.3, -0.25) is 24.0 Å². The van der Waals surface area contributed by atoms with Gasteiger partial charge in [0.25, 0.3) is 0 Å². The molecule has 2 aromatic heterocycles. The molecule has 362 valence electrons. The van der Waals surface area contributed by atoms with Gasteiger partial charge in [-0.25, -0.2) is 22.8 Å². The van der Waals surface area contributed by atoms with E-state index in [1.165, 1.54) is 4.57 Å². The quantitative estimate of drug-likeness (QED) is 0.0484. The molecule has 3 fully saturated rings. The zero-order valence-electron chi connectivity index (χ0n) is 37.9. The Labute approximate surface area is 402 Å². The molecule has 6 N–H and O–H groups in total. The molecule has 8 rings (SSSR count). The summed E-state index contributed by atoms with van der Waals surface area (Å²) in [5.74, 6) is -3.66. The molecule has 0 bridgehead atoms. The van der Waals surface area contributed by atoms with Gasteiger partial charge in [0.05, 0.1) is 21.7 Å². The number of carbonyl (C=O) groups excluding carboxylic acids is 2. The Morgan fingerprint density at radius 2 is 1.65 bits per heavy atom. The third kappa shape index (κ3) is 10.5. The molecular weight excluding hydrogens is 936 g/mol. The number of thiophene rings is 1. The van der Waals surface area contributed by atoms with Crippen LogP contribution >= 0.6 is 22.9 Å². The van der Waals surface area contributed by atoms with Crippen molar-refractivity contribution in [3.63, 3.8) is 0 Å². The van der Waals surface area contributed by atoms with Crippen LogP contribution in [0.15, 0.2) is 71.5 Å². The molecule has 5 heterocycles. The number of hydrogen-bond acceptors (Lipinski definition) is 13. The molecule has 21 heteroatoms. The first-order valence-electron chi connectivity index (χ1n) is 22.5. The number of aromatic nitrogens is 2. The zero-order chi connectivity index (χ0) is 48.5. The van der Waals surface area contributed by atoms with Crippen LogP contribution < -0.4 is 36.6 Å². The molecule has 3 aromatic carbocycles. The van der Waals surface area contributed by atoms with Gasteiger partial charge in [0.1, 0.15) is 11.1 Å². The number of benzene rings is 3. The molecule has 18 nitrogen and oxygen atoms in total. The zero-order valence-corrected chi connectivity index (χ0v) is 40.3. The highest BCUT2D eigenvalue weighted by Gasteiger charge is 2.42. The SMILES string of the molecule is Cn1c(=O)n(C2CCC(=O)NC2=O)c2ccc(N3CCC(NCCNc4cccc(CS(=O)(=O)N5CC[C@H](Nc6cccc(-c7sc(C(=O)O)c(OCC(=O)O)c7Cl)c6)CC5(C)C)c4)CC3)cc21. The lowest BCUT2D eigenvalue weighted by Gasteiger charge is -2.45. The summed E-state index contributed by atoms with van der Waals surface area (Å²) in [4.78, 5) is 63.1. The van der Waals surface area contributed by atoms with Crippen LogP contribution in [0.4, 0.5) is 17.1 Å².